The van der Waals surface area contributed by atoms with Crippen LogP contribution in [0.3, 0.4) is 0 Å². The van der Waals surface area contributed by atoms with Gasteiger partial charge in [0.2, 0.25) is 0 Å². The van der Waals surface area contributed by atoms with Gasteiger partial charge in [0.25, 0.3) is 0 Å². The van der Waals surface area contributed by atoms with Crippen LogP contribution in [0.15, 0.2) is 11.4 Å². The van der Waals surface area contributed by atoms with Crippen molar-refractivity contribution in [1.82, 2.24) is 14.9 Å². The predicted octanol–water partition coefficient (Wildman–Crippen LogP) is 3.75. The van der Waals surface area contributed by atoms with Crippen molar-refractivity contribution >= 4 is 27.4 Å². The number of thiophene rings is 1. The van der Waals surface area contributed by atoms with Crippen LogP contribution in [-0.2, 0) is 6.54 Å². The van der Waals surface area contributed by atoms with Crippen LogP contribution in [0.25, 0.3) is 10.2 Å². The number of hydrogen-bond donors (Lipinski definition) is 1. The zero-order chi connectivity index (χ0) is 14.9. The Hall–Kier alpha value is -1.20. The number of nitrogens with one attached hydrogen (secondary N) is 1. The summed E-state index contributed by atoms with van der Waals surface area (Å²) >= 11 is 1.69. The summed E-state index contributed by atoms with van der Waals surface area (Å²) in [7, 11) is 1.93. The summed E-state index contributed by atoms with van der Waals surface area (Å²) in [5, 5.41) is 6.40. The van der Waals surface area contributed by atoms with Crippen LogP contribution in [0.1, 0.15) is 38.9 Å². The van der Waals surface area contributed by atoms with Gasteiger partial charge in [-0.1, -0.05) is 20.3 Å². The number of anilines is 1. The zero-order valence-electron chi connectivity index (χ0n) is 13.1. The van der Waals surface area contributed by atoms with Crippen molar-refractivity contribution < 1.29 is 0 Å². The summed E-state index contributed by atoms with van der Waals surface area (Å²) in [6, 6.07) is 2.09. The molecule has 0 amide bonds. The molecule has 1 N–H and O–H groups in total. The Morgan fingerprint density at radius 3 is 2.76 bits per heavy atom. The highest BCUT2D eigenvalue weighted by Gasteiger charge is 2.28. The Bertz CT molecular complexity index is 614. The van der Waals surface area contributed by atoms with Gasteiger partial charge in [0, 0.05) is 7.05 Å². The molecule has 1 fully saturated rings. The van der Waals surface area contributed by atoms with Gasteiger partial charge in [-0.25, -0.2) is 9.97 Å². The van der Waals surface area contributed by atoms with Gasteiger partial charge < -0.3 is 5.32 Å². The normalized spacial score (nSPS) is 19.0. The maximum absolute atomic E-state index is 4.72. The number of nitrogens with zero attached hydrogens (tertiary/aromatic N) is 3. The third-order valence-electron chi connectivity index (χ3n) is 4.89. The number of hydrogen-bond acceptors (Lipinski definition) is 5. The molecule has 1 saturated heterocycles. The summed E-state index contributed by atoms with van der Waals surface area (Å²) in [5.74, 6) is 1.89. The summed E-state index contributed by atoms with van der Waals surface area (Å²) in [4.78, 5) is 13.0. The Morgan fingerprint density at radius 2 is 2.10 bits per heavy atom. The second-order valence-corrected chi connectivity index (χ2v) is 7.21. The van der Waals surface area contributed by atoms with E-state index in [-0.39, 0.29) is 0 Å². The molecule has 3 rings (SSSR count). The highest BCUT2D eigenvalue weighted by atomic mass is 32.1. The Labute approximate surface area is 130 Å². The lowest BCUT2D eigenvalue weighted by atomic mass is 9.78. The van der Waals surface area contributed by atoms with Crippen LogP contribution in [0, 0.1) is 5.41 Å². The van der Waals surface area contributed by atoms with Crippen LogP contribution in [-0.4, -0.2) is 35.0 Å². The van der Waals surface area contributed by atoms with E-state index >= 15 is 0 Å². The van der Waals surface area contributed by atoms with Crippen LogP contribution in [0.5, 0.6) is 0 Å². The maximum atomic E-state index is 4.72. The fourth-order valence-electron chi connectivity index (χ4n) is 2.97. The quantitative estimate of drug-likeness (QED) is 0.934. The van der Waals surface area contributed by atoms with Crippen molar-refractivity contribution in [3.8, 4) is 0 Å². The zero-order valence-corrected chi connectivity index (χ0v) is 14.0. The summed E-state index contributed by atoms with van der Waals surface area (Å²) in [6.45, 7) is 7.90. The molecular formula is C16H24N4S. The molecular weight excluding hydrogens is 280 g/mol. The number of rotatable bonds is 4. The van der Waals surface area contributed by atoms with Gasteiger partial charge in [-0.2, -0.15) is 0 Å². The molecule has 0 atom stereocenters. The van der Waals surface area contributed by atoms with E-state index in [2.05, 4.69) is 40.5 Å². The first-order valence-electron chi connectivity index (χ1n) is 7.78. The number of fused-ring (bicyclic) bond motifs is 1. The van der Waals surface area contributed by atoms with Gasteiger partial charge in [-0.3, -0.25) is 4.90 Å². The molecule has 2 aromatic heterocycles. The van der Waals surface area contributed by atoms with Gasteiger partial charge in [-0.05, 0) is 42.8 Å². The van der Waals surface area contributed by atoms with Crippen LogP contribution < -0.4 is 5.32 Å². The lowest BCUT2D eigenvalue weighted by Crippen LogP contribution is -2.38. The molecule has 1 aliphatic rings. The van der Waals surface area contributed by atoms with E-state index in [0.29, 0.717) is 5.41 Å². The van der Waals surface area contributed by atoms with E-state index in [0.717, 1.165) is 41.5 Å². The van der Waals surface area contributed by atoms with E-state index in [1.807, 2.05) is 7.05 Å². The van der Waals surface area contributed by atoms with Crippen LogP contribution >= 0.6 is 11.3 Å². The minimum atomic E-state index is 0.533. The van der Waals surface area contributed by atoms with Gasteiger partial charge >= 0.3 is 0 Å². The van der Waals surface area contributed by atoms with Crippen molar-refractivity contribution in [1.29, 1.82) is 0 Å². The average Bonchev–Trinajstić information content (AvgIpc) is 2.97. The smallest absolute Gasteiger partial charge is 0.146 e. The molecule has 0 spiro atoms. The number of likely N-dealkylation sites (tertiary alicyclic amines) is 1. The fourth-order valence-corrected chi connectivity index (χ4v) is 3.75. The predicted molar refractivity (Wildman–Crippen MR) is 89.9 cm³/mol. The first-order chi connectivity index (χ1) is 10.1. The van der Waals surface area contributed by atoms with E-state index in [1.165, 1.54) is 19.3 Å². The molecule has 4 nitrogen and oxygen atoms in total. The third-order valence-corrected chi connectivity index (χ3v) is 5.70. The van der Waals surface area contributed by atoms with Gasteiger partial charge in [0.1, 0.15) is 16.5 Å². The average molecular weight is 304 g/mol. The Kier molecular flexibility index (Phi) is 4.13. The second kappa shape index (κ2) is 5.89. The molecule has 114 valence electrons. The molecule has 2 aromatic rings. The van der Waals surface area contributed by atoms with Crippen molar-refractivity contribution in [2.24, 2.45) is 5.41 Å². The number of piperidine rings is 1. The van der Waals surface area contributed by atoms with Gasteiger partial charge in [0.15, 0.2) is 0 Å². The Morgan fingerprint density at radius 1 is 1.33 bits per heavy atom. The van der Waals surface area contributed by atoms with Crippen molar-refractivity contribution in [3.05, 3.63) is 17.3 Å². The lowest BCUT2D eigenvalue weighted by molar-refractivity contribution is 0.108. The second-order valence-electron chi connectivity index (χ2n) is 6.32. The largest absolute Gasteiger partial charge is 0.372 e. The highest BCUT2D eigenvalue weighted by Crippen LogP contribution is 2.34. The standard InChI is InChI=1S/C16H24N4S/c1-4-16(2)6-8-20(9-7-16)11-13-18-14(17-3)12-5-10-21-15(12)19-13/h5,10H,4,6-9,11H2,1-3H3,(H,17,18,19). The van der Waals surface area contributed by atoms with Gasteiger partial charge in [-0.15, -0.1) is 11.3 Å². The molecule has 0 radical (unpaired) electrons. The van der Waals surface area contributed by atoms with Crippen molar-refractivity contribution in [2.45, 2.75) is 39.7 Å². The summed E-state index contributed by atoms with van der Waals surface area (Å²) in [5.41, 5.74) is 0.533. The Balaban J connectivity index is 1.74. The van der Waals surface area contributed by atoms with E-state index in [4.69, 9.17) is 4.98 Å². The SMILES string of the molecule is CCC1(C)CCN(Cc2nc(NC)c3ccsc3n2)CC1. The number of aromatic nitrogens is 2. The maximum Gasteiger partial charge on any atom is 0.146 e. The van der Waals surface area contributed by atoms with Crippen LogP contribution in [0.4, 0.5) is 5.82 Å². The summed E-state index contributed by atoms with van der Waals surface area (Å²) < 4.78 is 0. The first-order valence-corrected chi connectivity index (χ1v) is 8.66. The minimum Gasteiger partial charge on any atom is -0.372 e. The molecule has 0 aromatic carbocycles. The molecule has 21 heavy (non-hydrogen) atoms. The van der Waals surface area contributed by atoms with E-state index < -0.39 is 0 Å². The van der Waals surface area contributed by atoms with E-state index in [9.17, 15) is 0 Å². The molecule has 5 heteroatoms. The lowest BCUT2D eigenvalue weighted by Gasteiger charge is -2.38. The fraction of sp³-hybridized carbons (Fsp3) is 0.625. The first kappa shape index (κ1) is 14.7. The summed E-state index contributed by atoms with van der Waals surface area (Å²) in [6.07, 6.45) is 3.84. The van der Waals surface area contributed by atoms with Crippen molar-refractivity contribution in [3.63, 3.8) is 0 Å². The molecule has 3 heterocycles. The minimum absolute atomic E-state index is 0.533. The van der Waals surface area contributed by atoms with E-state index in [1.54, 1.807) is 11.3 Å². The third kappa shape index (κ3) is 3.04. The molecule has 1 aliphatic heterocycles. The molecule has 0 aliphatic carbocycles. The van der Waals surface area contributed by atoms with Gasteiger partial charge in [0.05, 0.1) is 11.9 Å². The topological polar surface area (TPSA) is 41.1 Å². The highest BCUT2D eigenvalue weighted by molar-refractivity contribution is 7.16. The monoisotopic (exact) mass is 304 g/mol. The van der Waals surface area contributed by atoms with Crippen molar-refractivity contribution in [2.75, 3.05) is 25.5 Å². The van der Waals surface area contributed by atoms with Crippen LogP contribution in [0.2, 0.25) is 0 Å². The molecule has 0 unspecified atom stereocenters. The molecule has 0 bridgehead atoms. The molecule has 0 saturated carbocycles.